The molecule has 1 heterocycles. The number of piperidine rings is 1. The number of hydrogen-bond acceptors (Lipinski definition) is 4. The number of anilines is 1. The molecule has 21 heavy (non-hydrogen) atoms. The van der Waals surface area contributed by atoms with E-state index in [-0.39, 0.29) is 0 Å². The highest BCUT2D eigenvalue weighted by Gasteiger charge is 2.20. The largest absolute Gasteiger partial charge is 0.396 e. The van der Waals surface area contributed by atoms with Crippen molar-refractivity contribution in [3.63, 3.8) is 0 Å². The first-order chi connectivity index (χ1) is 10.2. The highest BCUT2D eigenvalue weighted by molar-refractivity contribution is 5.46. The molecule has 1 fully saturated rings. The van der Waals surface area contributed by atoms with E-state index >= 15 is 0 Å². The van der Waals surface area contributed by atoms with Gasteiger partial charge in [0.25, 0.3) is 0 Å². The predicted molar refractivity (Wildman–Crippen MR) is 87.8 cm³/mol. The lowest BCUT2D eigenvalue weighted by molar-refractivity contribution is -0.106. The summed E-state index contributed by atoms with van der Waals surface area (Å²) in [6, 6.07) is 8.77. The third kappa shape index (κ3) is 6.27. The molecule has 2 rings (SSSR count). The van der Waals surface area contributed by atoms with E-state index in [9.17, 15) is 0 Å². The summed E-state index contributed by atoms with van der Waals surface area (Å²) in [5.74, 6) is 0.698. The van der Waals surface area contributed by atoms with Crippen LogP contribution in [-0.4, -0.2) is 49.6 Å². The SMILES string of the molecule is CC=O.CNc1cccc(C2CCN(CCCO)CC2)c1. The van der Waals surface area contributed by atoms with Gasteiger partial charge in [0.1, 0.15) is 6.29 Å². The molecule has 1 aliphatic rings. The minimum absolute atomic E-state index is 0.310. The standard InChI is InChI=1S/C15H24N2O.C2H4O/c1-16-15-5-2-4-14(12-15)13-6-9-17(10-7-13)8-3-11-18;1-2-3/h2,4-5,12-13,16,18H,3,6-11H2,1H3;2H,1H3. The molecule has 0 unspecified atom stereocenters. The fraction of sp³-hybridized carbons (Fsp3) is 0.588. The van der Waals surface area contributed by atoms with Crippen LogP contribution in [0.25, 0.3) is 0 Å². The van der Waals surface area contributed by atoms with E-state index in [1.807, 2.05) is 7.05 Å². The van der Waals surface area contributed by atoms with Crippen molar-refractivity contribution in [3.05, 3.63) is 29.8 Å². The summed E-state index contributed by atoms with van der Waals surface area (Å²) >= 11 is 0. The Bertz CT molecular complexity index is 402. The van der Waals surface area contributed by atoms with Gasteiger partial charge in [-0.1, -0.05) is 12.1 Å². The van der Waals surface area contributed by atoms with Crippen LogP contribution in [0.4, 0.5) is 5.69 Å². The topological polar surface area (TPSA) is 52.6 Å². The molecule has 1 aromatic rings. The Kier molecular flexibility index (Phi) is 8.71. The molecule has 1 aliphatic heterocycles. The molecule has 0 aliphatic carbocycles. The van der Waals surface area contributed by atoms with Crippen LogP contribution < -0.4 is 5.32 Å². The quantitative estimate of drug-likeness (QED) is 0.819. The van der Waals surface area contributed by atoms with Gasteiger partial charge in [-0.05, 0) is 62.9 Å². The Morgan fingerprint density at radius 3 is 2.62 bits per heavy atom. The second-order valence-electron chi connectivity index (χ2n) is 5.30. The summed E-state index contributed by atoms with van der Waals surface area (Å²) in [6.07, 6.45) is 4.12. The van der Waals surface area contributed by atoms with E-state index in [0.29, 0.717) is 12.5 Å². The van der Waals surface area contributed by atoms with Crippen molar-refractivity contribution in [2.45, 2.75) is 32.1 Å². The Labute approximate surface area is 128 Å². The van der Waals surface area contributed by atoms with Gasteiger partial charge >= 0.3 is 0 Å². The molecule has 0 atom stereocenters. The third-order valence-corrected chi connectivity index (χ3v) is 3.87. The number of nitrogens with one attached hydrogen (secondary N) is 1. The molecule has 0 spiro atoms. The molecule has 4 nitrogen and oxygen atoms in total. The molecule has 0 saturated carbocycles. The van der Waals surface area contributed by atoms with Crippen molar-refractivity contribution in [1.29, 1.82) is 0 Å². The van der Waals surface area contributed by atoms with Gasteiger partial charge in [-0.25, -0.2) is 0 Å². The second-order valence-corrected chi connectivity index (χ2v) is 5.30. The molecular formula is C17H28N2O2. The molecule has 0 amide bonds. The van der Waals surface area contributed by atoms with Crippen LogP contribution in [0.15, 0.2) is 24.3 Å². The molecule has 2 N–H and O–H groups in total. The van der Waals surface area contributed by atoms with Crippen molar-refractivity contribution in [2.75, 3.05) is 38.6 Å². The number of aldehydes is 1. The monoisotopic (exact) mass is 292 g/mol. The highest BCUT2D eigenvalue weighted by atomic mass is 16.3. The lowest BCUT2D eigenvalue weighted by atomic mass is 9.89. The zero-order chi connectivity index (χ0) is 15.5. The summed E-state index contributed by atoms with van der Waals surface area (Å²) in [5, 5.41) is 12.1. The number of hydrogen-bond donors (Lipinski definition) is 2. The minimum atomic E-state index is 0.310. The van der Waals surface area contributed by atoms with Crippen molar-refractivity contribution in [1.82, 2.24) is 4.90 Å². The molecule has 118 valence electrons. The minimum Gasteiger partial charge on any atom is -0.396 e. The van der Waals surface area contributed by atoms with Crippen molar-refractivity contribution >= 4 is 12.0 Å². The molecule has 1 saturated heterocycles. The number of likely N-dealkylation sites (tertiary alicyclic amines) is 1. The van der Waals surface area contributed by atoms with E-state index in [0.717, 1.165) is 32.3 Å². The van der Waals surface area contributed by atoms with Gasteiger partial charge in [0, 0.05) is 25.9 Å². The van der Waals surface area contributed by atoms with Crippen LogP contribution in [0, 0.1) is 0 Å². The van der Waals surface area contributed by atoms with Gasteiger partial charge in [0.2, 0.25) is 0 Å². The van der Waals surface area contributed by atoms with Crippen LogP contribution >= 0.6 is 0 Å². The number of aliphatic hydroxyl groups is 1. The zero-order valence-corrected chi connectivity index (χ0v) is 13.2. The van der Waals surface area contributed by atoms with E-state index in [1.165, 1.54) is 31.0 Å². The average molecular weight is 292 g/mol. The van der Waals surface area contributed by atoms with E-state index in [4.69, 9.17) is 9.90 Å². The molecule has 4 heteroatoms. The van der Waals surface area contributed by atoms with E-state index in [1.54, 1.807) is 0 Å². The molecular weight excluding hydrogens is 264 g/mol. The van der Waals surface area contributed by atoms with E-state index < -0.39 is 0 Å². The maximum atomic E-state index is 8.85. The summed E-state index contributed by atoms with van der Waals surface area (Å²) < 4.78 is 0. The number of carbonyl (C=O) groups is 1. The fourth-order valence-electron chi connectivity index (χ4n) is 2.73. The highest BCUT2D eigenvalue weighted by Crippen LogP contribution is 2.29. The molecule has 1 aromatic carbocycles. The Morgan fingerprint density at radius 2 is 2.05 bits per heavy atom. The zero-order valence-electron chi connectivity index (χ0n) is 13.2. The van der Waals surface area contributed by atoms with Gasteiger partial charge in [-0.3, -0.25) is 0 Å². The van der Waals surface area contributed by atoms with E-state index in [2.05, 4.69) is 34.5 Å². The Morgan fingerprint density at radius 1 is 1.38 bits per heavy atom. The van der Waals surface area contributed by atoms with Crippen molar-refractivity contribution < 1.29 is 9.90 Å². The first-order valence-electron chi connectivity index (χ1n) is 7.75. The van der Waals surface area contributed by atoms with Gasteiger partial charge in [-0.15, -0.1) is 0 Å². The first-order valence-corrected chi connectivity index (χ1v) is 7.75. The summed E-state index contributed by atoms with van der Waals surface area (Å²) in [4.78, 5) is 11.3. The van der Waals surface area contributed by atoms with Crippen LogP contribution in [0.2, 0.25) is 0 Å². The predicted octanol–water partition coefficient (Wildman–Crippen LogP) is 2.50. The number of rotatable bonds is 5. The summed E-state index contributed by atoms with van der Waals surface area (Å²) in [6.45, 7) is 5.12. The van der Waals surface area contributed by atoms with Crippen LogP contribution in [0.5, 0.6) is 0 Å². The number of nitrogens with zero attached hydrogens (tertiary/aromatic N) is 1. The second kappa shape index (κ2) is 10.4. The lowest BCUT2D eigenvalue weighted by Gasteiger charge is -2.32. The molecule has 0 radical (unpaired) electrons. The Hall–Kier alpha value is -1.39. The normalized spacial score (nSPS) is 16.0. The maximum Gasteiger partial charge on any atom is 0.116 e. The maximum absolute atomic E-state index is 8.85. The Balaban J connectivity index is 0.000000677. The van der Waals surface area contributed by atoms with Crippen LogP contribution in [0.3, 0.4) is 0 Å². The molecule has 0 bridgehead atoms. The van der Waals surface area contributed by atoms with Crippen LogP contribution in [0.1, 0.15) is 37.7 Å². The third-order valence-electron chi connectivity index (χ3n) is 3.87. The average Bonchev–Trinajstić information content (AvgIpc) is 2.54. The fourth-order valence-corrected chi connectivity index (χ4v) is 2.73. The summed E-state index contributed by atoms with van der Waals surface area (Å²) in [7, 11) is 1.97. The van der Waals surface area contributed by atoms with Crippen molar-refractivity contribution in [2.24, 2.45) is 0 Å². The molecule has 0 aromatic heterocycles. The number of benzene rings is 1. The number of carbonyl (C=O) groups excluding carboxylic acids is 1. The first kappa shape index (κ1) is 17.7. The summed E-state index contributed by atoms with van der Waals surface area (Å²) in [5.41, 5.74) is 2.67. The van der Waals surface area contributed by atoms with Gasteiger partial charge in [0.15, 0.2) is 0 Å². The van der Waals surface area contributed by atoms with Crippen molar-refractivity contribution in [3.8, 4) is 0 Å². The van der Waals surface area contributed by atoms with Gasteiger partial charge < -0.3 is 20.1 Å². The van der Waals surface area contributed by atoms with Gasteiger partial charge in [-0.2, -0.15) is 0 Å². The van der Waals surface area contributed by atoms with Gasteiger partial charge in [0.05, 0.1) is 0 Å². The van der Waals surface area contributed by atoms with Crippen LogP contribution in [-0.2, 0) is 4.79 Å². The number of aliphatic hydroxyl groups excluding tert-OH is 1. The smallest absolute Gasteiger partial charge is 0.116 e. The lowest BCUT2D eigenvalue weighted by Crippen LogP contribution is -2.34.